The topological polar surface area (TPSA) is 30.5 Å². The second-order valence-electron chi connectivity index (χ2n) is 3.64. The SMILES string of the molecule is COC(OC)C(C)NCc1cccc(F)c1. The summed E-state index contributed by atoms with van der Waals surface area (Å²) in [6, 6.07) is 6.55. The Hall–Kier alpha value is -0.970. The van der Waals surface area contributed by atoms with E-state index >= 15 is 0 Å². The molecular weight excluding hydrogens is 209 g/mol. The molecule has 90 valence electrons. The molecule has 0 heterocycles. The third-order valence-corrected chi connectivity index (χ3v) is 2.39. The summed E-state index contributed by atoms with van der Waals surface area (Å²) in [7, 11) is 3.18. The predicted molar refractivity (Wildman–Crippen MR) is 60.5 cm³/mol. The minimum Gasteiger partial charge on any atom is -0.354 e. The maximum Gasteiger partial charge on any atom is 0.171 e. The summed E-state index contributed by atoms with van der Waals surface area (Å²) in [5.41, 5.74) is 0.901. The molecule has 1 atom stereocenters. The van der Waals surface area contributed by atoms with Gasteiger partial charge in [-0.1, -0.05) is 12.1 Å². The minimum absolute atomic E-state index is 0.0401. The third kappa shape index (κ3) is 3.89. The highest BCUT2D eigenvalue weighted by Gasteiger charge is 2.14. The average Bonchev–Trinajstić information content (AvgIpc) is 2.28. The van der Waals surface area contributed by atoms with Crippen molar-refractivity contribution in [2.45, 2.75) is 25.8 Å². The van der Waals surface area contributed by atoms with Crippen LogP contribution in [0.25, 0.3) is 0 Å². The Labute approximate surface area is 95.6 Å². The molecule has 1 aromatic carbocycles. The lowest BCUT2D eigenvalue weighted by Gasteiger charge is -2.22. The van der Waals surface area contributed by atoms with E-state index in [2.05, 4.69) is 5.32 Å². The van der Waals surface area contributed by atoms with Crippen LogP contribution in [0.5, 0.6) is 0 Å². The van der Waals surface area contributed by atoms with Gasteiger partial charge in [0.1, 0.15) is 5.82 Å². The first-order valence-electron chi connectivity index (χ1n) is 5.20. The smallest absolute Gasteiger partial charge is 0.171 e. The summed E-state index contributed by atoms with van der Waals surface area (Å²) in [5.74, 6) is -0.220. The van der Waals surface area contributed by atoms with Gasteiger partial charge in [-0.05, 0) is 24.6 Å². The number of ether oxygens (including phenoxy) is 2. The van der Waals surface area contributed by atoms with Crippen LogP contribution in [0, 0.1) is 5.82 Å². The molecule has 1 unspecified atom stereocenters. The van der Waals surface area contributed by atoms with E-state index in [1.54, 1.807) is 20.3 Å². The van der Waals surface area contributed by atoms with Crippen molar-refractivity contribution in [2.24, 2.45) is 0 Å². The molecule has 1 aromatic rings. The van der Waals surface area contributed by atoms with Crippen molar-refractivity contribution in [1.29, 1.82) is 0 Å². The minimum atomic E-state index is -0.298. The van der Waals surface area contributed by atoms with Crippen molar-refractivity contribution in [3.8, 4) is 0 Å². The zero-order valence-electron chi connectivity index (χ0n) is 9.87. The van der Waals surface area contributed by atoms with Crippen molar-refractivity contribution in [3.63, 3.8) is 0 Å². The van der Waals surface area contributed by atoms with E-state index in [4.69, 9.17) is 9.47 Å². The molecule has 0 radical (unpaired) electrons. The summed E-state index contributed by atoms with van der Waals surface area (Å²) in [4.78, 5) is 0. The van der Waals surface area contributed by atoms with E-state index < -0.39 is 0 Å². The molecule has 0 aromatic heterocycles. The standard InChI is InChI=1S/C12H18FNO2/c1-9(12(15-2)16-3)14-8-10-5-4-6-11(13)7-10/h4-7,9,12,14H,8H2,1-3H3. The molecule has 0 fully saturated rings. The highest BCUT2D eigenvalue weighted by Crippen LogP contribution is 2.05. The number of benzene rings is 1. The molecule has 1 rings (SSSR count). The van der Waals surface area contributed by atoms with E-state index in [1.165, 1.54) is 12.1 Å². The van der Waals surface area contributed by atoms with Gasteiger partial charge in [-0.2, -0.15) is 0 Å². The van der Waals surface area contributed by atoms with E-state index in [-0.39, 0.29) is 18.1 Å². The number of methoxy groups -OCH3 is 2. The van der Waals surface area contributed by atoms with Crippen LogP contribution in [0.2, 0.25) is 0 Å². The van der Waals surface area contributed by atoms with Gasteiger partial charge in [-0.15, -0.1) is 0 Å². The fourth-order valence-corrected chi connectivity index (χ4v) is 1.53. The molecule has 0 amide bonds. The van der Waals surface area contributed by atoms with Crippen LogP contribution in [0.1, 0.15) is 12.5 Å². The predicted octanol–water partition coefficient (Wildman–Crippen LogP) is 1.92. The number of rotatable bonds is 6. The average molecular weight is 227 g/mol. The number of hydrogen-bond donors (Lipinski definition) is 1. The van der Waals surface area contributed by atoms with Gasteiger partial charge in [0.05, 0.1) is 6.04 Å². The van der Waals surface area contributed by atoms with Crippen molar-refractivity contribution in [3.05, 3.63) is 35.6 Å². The second kappa shape index (κ2) is 6.58. The van der Waals surface area contributed by atoms with E-state index in [0.29, 0.717) is 6.54 Å². The van der Waals surface area contributed by atoms with Gasteiger partial charge < -0.3 is 14.8 Å². The molecular formula is C12H18FNO2. The molecule has 0 bridgehead atoms. The molecule has 3 nitrogen and oxygen atoms in total. The molecule has 0 aliphatic carbocycles. The van der Waals surface area contributed by atoms with E-state index in [1.807, 2.05) is 13.0 Å². The van der Waals surface area contributed by atoms with Gasteiger partial charge in [0.2, 0.25) is 0 Å². The van der Waals surface area contributed by atoms with Crippen molar-refractivity contribution >= 4 is 0 Å². The van der Waals surface area contributed by atoms with Crippen LogP contribution in [-0.2, 0) is 16.0 Å². The van der Waals surface area contributed by atoms with Gasteiger partial charge in [-0.3, -0.25) is 0 Å². The van der Waals surface area contributed by atoms with Gasteiger partial charge in [0.25, 0.3) is 0 Å². The molecule has 4 heteroatoms. The molecule has 0 aliphatic rings. The summed E-state index contributed by atoms with van der Waals surface area (Å²) in [6.45, 7) is 2.54. The van der Waals surface area contributed by atoms with Crippen LogP contribution >= 0.6 is 0 Å². The summed E-state index contributed by atoms with van der Waals surface area (Å²) in [5, 5.41) is 3.21. The maximum absolute atomic E-state index is 12.9. The Morgan fingerprint density at radius 1 is 1.31 bits per heavy atom. The Kier molecular flexibility index (Phi) is 5.38. The normalized spacial score (nSPS) is 13.1. The Morgan fingerprint density at radius 3 is 2.56 bits per heavy atom. The van der Waals surface area contributed by atoms with Crippen molar-refractivity contribution in [1.82, 2.24) is 5.32 Å². The molecule has 0 aliphatic heterocycles. The fraction of sp³-hybridized carbons (Fsp3) is 0.500. The first-order chi connectivity index (χ1) is 7.67. The fourth-order valence-electron chi connectivity index (χ4n) is 1.53. The van der Waals surface area contributed by atoms with Gasteiger partial charge in [0, 0.05) is 20.8 Å². The largest absolute Gasteiger partial charge is 0.354 e. The Balaban J connectivity index is 2.45. The number of hydrogen-bond acceptors (Lipinski definition) is 3. The van der Waals surface area contributed by atoms with Crippen molar-refractivity contribution < 1.29 is 13.9 Å². The lowest BCUT2D eigenvalue weighted by Crippen LogP contribution is -2.39. The van der Waals surface area contributed by atoms with E-state index in [0.717, 1.165) is 5.56 Å². The molecule has 0 saturated carbocycles. The van der Waals surface area contributed by atoms with E-state index in [9.17, 15) is 4.39 Å². The van der Waals surface area contributed by atoms with Crippen LogP contribution in [0.4, 0.5) is 4.39 Å². The van der Waals surface area contributed by atoms with Crippen molar-refractivity contribution in [2.75, 3.05) is 14.2 Å². The third-order valence-electron chi connectivity index (χ3n) is 2.39. The molecule has 1 N–H and O–H groups in total. The molecule has 0 saturated heterocycles. The number of halogens is 1. The lowest BCUT2D eigenvalue weighted by molar-refractivity contribution is -0.119. The molecule has 0 spiro atoms. The van der Waals surface area contributed by atoms with Gasteiger partial charge in [0.15, 0.2) is 6.29 Å². The first kappa shape index (κ1) is 13.1. The van der Waals surface area contributed by atoms with Crippen LogP contribution in [0.3, 0.4) is 0 Å². The highest BCUT2D eigenvalue weighted by atomic mass is 19.1. The zero-order valence-corrected chi connectivity index (χ0v) is 9.87. The first-order valence-corrected chi connectivity index (χ1v) is 5.20. The monoisotopic (exact) mass is 227 g/mol. The van der Waals surface area contributed by atoms with Crippen LogP contribution in [0.15, 0.2) is 24.3 Å². The van der Waals surface area contributed by atoms with Gasteiger partial charge >= 0.3 is 0 Å². The lowest BCUT2D eigenvalue weighted by atomic mass is 10.2. The summed E-state index contributed by atoms with van der Waals surface area (Å²) >= 11 is 0. The summed E-state index contributed by atoms with van der Waals surface area (Å²) in [6.07, 6.45) is -0.298. The Morgan fingerprint density at radius 2 is 2.00 bits per heavy atom. The zero-order chi connectivity index (χ0) is 12.0. The molecule has 16 heavy (non-hydrogen) atoms. The second-order valence-corrected chi connectivity index (χ2v) is 3.64. The van der Waals surface area contributed by atoms with Gasteiger partial charge in [-0.25, -0.2) is 4.39 Å². The maximum atomic E-state index is 12.9. The van der Waals surface area contributed by atoms with Crippen LogP contribution < -0.4 is 5.32 Å². The quantitative estimate of drug-likeness (QED) is 0.753. The number of nitrogens with one attached hydrogen (secondary N) is 1. The summed E-state index contributed by atoms with van der Waals surface area (Å²) < 4.78 is 23.1. The van der Waals surface area contributed by atoms with Crippen LogP contribution in [-0.4, -0.2) is 26.6 Å². The Bertz CT molecular complexity index is 316. The highest BCUT2D eigenvalue weighted by molar-refractivity contribution is 5.16.